The van der Waals surface area contributed by atoms with Crippen LogP contribution in [0.4, 0.5) is 0 Å². The molecule has 0 aliphatic rings. The third-order valence-corrected chi connectivity index (χ3v) is 11.8. The van der Waals surface area contributed by atoms with E-state index in [0.717, 1.165) is 11.4 Å². The van der Waals surface area contributed by atoms with Crippen LogP contribution in [0.15, 0.2) is 212 Å². The fourth-order valence-corrected chi connectivity index (χ4v) is 9.32. The Bertz CT molecular complexity index is 3490. The van der Waals surface area contributed by atoms with Crippen LogP contribution >= 0.6 is 0 Å². The van der Waals surface area contributed by atoms with Gasteiger partial charge in [0.2, 0.25) is 0 Å². The molecule has 0 saturated carbocycles. The van der Waals surface area contributed by atoms with Crippen LogP contribution in [0.5, 0.6) is 0 Å². The van der Waals surface area contributed by atoms with Crippen LogP contribution in [-0.2, 0) is 0 Å². The van der Waals surface area contributed by atoms with Gasteiger partial charge in [0.15, 0.2) is 0 Å². The van der Waals surface area contributed by atoms with Gasteiger partial charge in [-0.1, -0.05) is 146 Å². The second-order valence-electron chi connectivity index (χ2n) is 14.9. The van der Waals surface area contributed by atoms with E-state index in [4.69, 9.17) is 0 Å². The van der Waals surface area contributed by atoms with Gasteiger partial charge in [-0.15, -0.1) is 0 Å². The van der Waals surface area contributed by atoms with Crippen LogP contribution < -0.4 is 0 Å². The summed E-state index contributed by atoms with van der Waals surface area (Å²) in [6.45, 7) is 0. The molecular formula is C54H35N3. The summed E-state index contributed by atoms with van der Waals surface area (Å²) in [6.07, 6.45) is 0. The van der Waals surface area contributed by atoms with Crippen molar-refractivity contribution in [2.45, 2.75) is 0 Å². The minimum absolute atomic E-state index is 1.14. The Morgan fingerprint density at radius 3 is 1.39 bits per heavy atom. The lowest BCUT2D eigenvalue weighted by atomic mass is 10.1. The van der Waals surface area contributed by atoms with Crippen molar-refractivity contribution in [1.29, 1.82) is 0 Å². The molecule has 3 heteroatoms. The van der Waals surface area contributed by atoms with Crippen LogP contribution in [0.2, 0.25) is 0 Å². The molecular weight excluding hydrogens is 691 g/mol. The Hall–Kier alpha value is -7.62. The van der Waals surface area contributed by atoms with Gasteiger partial charge in [-0.05, 0) is 89.0 Å². The van der Waals surface area contributed by atoms with E-state index in [-0.39, 0.29) is 0 Å². The molecule has 0 fully saturated rings. The molecule has 0 aliphatic carbocycles. The maximum Gasteiger partial charge on any atom is 0.0562 e. The third kappa shape index (κ3) is 4.79. The number of rotatable bonds is 5. The van der Waals surface area contributed by atoms with Crippen molar-refractivity contribution in [2.75, 3.05) is 0 Å². The van der Waals surface area contributed by atoms with Gasteiger partial charge < -0.3 is 13.7 Å². The van der Waals surface area contributed by atoms with E-state index in [2.05, 4.69) is 226 Å². The van der Waals surface area contributed by atoms with Gasteiger partial charge in [0.05, 0.1) is 38.8 Å². The average Bonchev–Trinajstić information content (AvgIpc) is 3.92. The molecule has 3 nitrogen and oxygen atoms in total. The molecule has 0 spiro atoms. The molecule has 9 aromatic carbocycles. The predicted octanol–water partition coefficient (Wildman–Crippen LogP) is 14.3. The summed E-state index contributed by atoms with van der Waals surface area (Å²) in [5.74, 6) is 0. The van der Waals surface area contributed by atoms with Crippen LogP contribution in [0, 0.1) is 0 Å². The Morgan fingerprint density at radius 1 is 0.228 bits per heavy atom. The van der Waals surface area contributed by atoms with E-state index >= 15 is 0 Å². The van der Waals surface area contributed by atoms with Gasteiger partial charge in [0, 0.05) is 43.7 Å². The summed E-state index contributed by atoms with van der Waals surface area (Å²) in [5.41, 5.74) is 15.4. The highest BCUT2D eigenvalue weighted by Crippen LogP contribution is 2.43. The van der Waals surface area contributed by atoms with Gasteiger partial charge in [-0.25, -0.2) is 0 Å². The maximum absolute atomic E-state index is 2.50. The van der Waals surface area contributed by atoms with Gasteiger partial charge in [-0.2, -0.15) is 0 Å². The van der Waals surface area contributed by atoms with E-state index in [1.165, 1.54) is 93.4 Å². The largest absolute Gasteiger partial charge is 0.309 e. The summed E-state index contributed by atoms with van der Waals surface area (Å²) in [6, 6.07) is 77.4. The standard InChI is InChI=1S/C54H35N3/c1-3-15-36(16-4-1)38-29-31-40(32-30-38)55-47-24-10-7-21-42(47)45-34-46-43-22-8-11-25-48(43)57(53(46)35-52(45)55)51-28-14-27-50-54(51)44-23-9-12-26-49(44)56(50)41-20-13-19-39(33-41)37-17-5-2-6-18-37/h1-35H. The van der Waals surface area contributed by atoms with Gasteiger partial charge in [0.25, 0.3) is 0 Å². The molecule has 12 aromatic rings. The van der Waals surface area contributed by atoms with Crippen molar-refractivity contribution in [3.05, 3.63) is 212 Å². The lowest BCUT2D eigenvalue weighted by Crippen LogP contribution is -1.97. The van der Waals surface area contributed by atoms with Crippen LogP contribution in [0.1, 0.15) is 0 Å². The number of aromatic nitrogens is 3. The first kappa shape index (κ1) is 31.7. The molecule has 0 atom stereocenters. The highest BCUT2D eigenvalue weighted by atomic mass is 15.0. The monoisotopic (exact) mass is 725 g/mol. The Labute approximate surface area is 329 Å². The average molecular weight is 726 g/mol. The fourth-order valence-electron chi connectivity index (χ4n) is 9.32. The summed E-state index contributed by atoms with van der Waals surface area (Å²) >= 11 is 0. The quantitative estimate of drug-likeness (QED) is 0.168. The summed E-state index contributed by atoms with van der Waals surface area (Å²) in [7, 11) is 0. The van der Waals surface area contributed by atoms with Crippen molar-refractivity contribution in [1.82, 2.24) is 13.7 Å². The molecule has 3 aromatic heterocycles. The normalized spacial score (nSPS) is 11.9. The number of nitrogens with zero attached hydrogens (tertiary/aromatic N) is 3. The minimum Gasteiger partial charge on any atom is -0.309 e. The molecule has 0 aliphatic heterocycles. The summed E-state index contributed by atoms with van der Waals surface area (Å²) in [4.78, 5) is 0. The van der Waals surface area contributed by atoms with Gasteiger partial charge >= 0.3 is 0 Å². The lowest BCUT2D eigenvalue weighted by Gasteiger charge is -2.13. The van der Waals surface area contributed by atoms with Crippen molar-refractivity contribution in [3.8, 4) is 39.3 Å². The fraction of sp³-hybridized carbons (Fsp3) is 0. The van der Waals surface area contributed by atoms with Crippen molar-refractivity contribution in [3.63, 3.8) is 0 Å². The van der Waals surface area contributed by atoms with Gasteiger partial charge in [0.1, 0.15) is 0 Å². The number of fused-ring (bicyclic) bond motifs is 9. The topological polar surface area (TPSA) is 14.8 Å². The first-order valence-corrected chi connectivity index (χ1v) is 19.6. The number of hydrogen-bond acceptors (Lipinski definition) is 0. The number of benzene rings is 9. The molecule has 0 saturated heterocycles. The maximum atomic E-state index is 2.50. The van der Waals surface area contributed by atoms with Crippen LogP contribution in [0.25, 0.3) is 105 Å². The second kappa shape index (κ2) is 12.5. The van der Waals surface area contributed by atoms with Crippen molar-refractivity contribution >= 4 is 65.4 Å². The van der Waals surface area contributed by atoms with E-state index < -0.39 is 0 Å². The molecule has 3 heterocycles. The zero-order valence-electron chi connectivity index (χ0n) is 31.0. The Kier molecular flexibility index (Phi) is 6.93. The minimum atomic E-state index is 1.14. The lowest BCUT2D eigenvalue weighted by molar-refractivity contribution is 1.16. The highest BCUT2D eigenvalue weighted by molar-refractivity contribution is 6.21. The van der Waals surface area contributed by atoms with E-state index in [0.29, 0.717) is 0 Å². The molecule has 0 unspecified atom stereocenters. The summed E-state index contributed by atoms with van der Waals surface area (Å²) in [5, 5.41) is 7.46. The van der Waals surface area contributed by atoms with Crippen LogP contribution in [-0.4, -0.2) is 13.7 Å². The molecule has 0 radical (unpaired) electrons. The second-order valence-corrected chi connectivity index (χ2v) is 14.9. The van der Waals surface area contributed by atoms with Crippen molar-refractivity contribution < 1.29 is 0 Å². The molecule has 0 N–H and O–H groups in total. The number of para-hydroxylation sites is 3. The molecule has 0 bridgehead atoms. The van der Waals surface area contributed by atoms with Crippen molar-refractivity contribution in [2.24, 2.45) is 0 Å². The first-order valence-electron chi connectivity index (χ1n) is 19.6. The van der Waals surface area contributed by atoms with E-state index in [9.17, 15) is 0 Å². The molecule has 12 rings (SSSR count). The predicted molar refractivity (Wildman–Crippen MR) is 240 cm³/mol. The third-order valence-electron chi connectivity index (χ3n) is 11.8. The molecule has 57 heavy (non-hydrogen) atoms. The van der Waals surface area contributed by atoms with Gasteiger partial charge in [-0.3, -0.25) is 0 Å². The molecule has 0 amide bonds. The van der Waals surface area contributed by atoms with E-state index in [1.807, 2.05) is 0 Å². The SMILES string of the molecule is c1ccc(-c2ccc(-n3c4ccccc4c4cc5c6ccccc6n(-c6cccc7c6c6ccccc6n7-c6cccc(-c7ccccc7)c6)c5cc43)cc2)cc1. The first-order chi connectivity index (χ1) is 28.3. The summed E-state index contributed by atoms with van der Waals surface area (Å²) < 4.78 is 7.38. The Morgan fingerprint density at radius 2 is 0.702 bits per heavy atom. The zero-order chi connectivity index (χ0) is 37.5. The Balaban J connectivity index is 1.14. The van der Waals surface area contributed by atoms with E-state index in [1.54, 1.807) is 0 Å². The smallest absolute Gasteiger partial charge is 0.0562 e. The number of hydrogen-bond donors (Lipinski definition) is 0. The van der Waals surface area contributed by atoms with Crippen LogP contribution in [0.3, 0.4) is 0 Å². The highest BCUT2D eigenvalue weighted by Gasteiger charge is 2.22. The zero-order valence-corrected chi connectivity index (χ0v) is 31.0. The molecule has 266 valence electrons.